The SMILES string of the molecule is COc1cc(F)c2nccc([C@@H](O)[C@H](O)[C@@H]3CC[C@@H](NCc4ccc5c(n4)NC(=O)CS5)CO3)c2c1. The molecule has 0 aliphatic carbocycles. The Kier molecular flexibility index (Phi) is 7.35. The number of thioether (sulfide) groups is 1. The molecule has 0 unspecified atom stereocenters. The van der Waals surface area contributed by atoms with Crippen LogP contribution in [-0.2, 0) is 16.1 Å². The molecule has 0 saturated carbocycles. The Morgan fingerprint density at radius 2 is 2.17 bits per heavy atom. The first-order valence-corrected chi connectivity index (χ1v) is 12.7. The monoisotopic (exact) mass is 514 g/mol. The molecule has 2 aliphatic rings. The van der Waals surface area contributed by atoms with Crippen LogP contribution in [-0.4, -0.2) is 63.8 Å². The van der Waals surface area contributed by atoms with Crippen molar-refractivity contribution in [3.8, 4) is 5.75 Å². The highest BCUT2D eigenvalue weighted by atomic mass is 32.2. The molecule has 190 valence electrons. The molecule has 5 rings (SSSR count). The minimum absolute atomic E-state index is 0.0486. The normalized spacial score (nSPS) is 21.5. The predicted octanol–water partition coefficient (Wildman–Crippen LogP) is 2.55. The summed E-state index contributed by atoms with van der Waals surface area (Å²) in [6, 6.07) is 8.33. The first-order chi connectivity index (χ1) is 17.4. The lowest BCUT2D eigenvalue weighted by Gasteiger charge is -2.34. The highest BCUT2D eigenvalue weighted by molar-refractivity contribution is 8.00. The van der Waals surface area contributed by atoms with Crippen molar-refractivity contribution in [2.45, 2.75) is 48.6 Å². The van der Waals surface area contributed by atoms with Gasteiger partial charge in [0, 0.05) is 30.2 Å². The number of anilines is 1. The van der Waals surface area contributed by atoms with Gasteiger partial charge in [-0.3, -0.25) is 9.78 Å². The van der Waals surface area contributed by atoms with Crippen LogP contribution in [0.1, 0.15) is 30.2 Å². The molecule has 9 nitrogen and oxygen atoms in total. The number of hydrogen-bond acceptors (Lipinski definition) is 9. The number of amides is 1. The predicted molar refractivity (Wildman–Crippen MR) is 132 cm³/mol. The minimum Gasteiger partial charge on any atom is -0.497 e. The topological polar surface area (TPSA) is 126 Å². The molecule has 1 fully saturated rings. The zero-order chi connectivity index (χ0) is 25.2. The van der Waals surface area contributed by atoms with Crippen molar-refractivity contribution >= 4 is 34.4 Å². The summed E-state index contributed by atoms with van der Waals surface area (Å²) in [4.78, 5) is 21.1. The van der Waals surface area contributed by atoms with Crippen LogP contribution in [0.15, 0.2) is 41.4 Å². The van der Waals surface area contributed by atoms with Crippen LogP contribution in [0.4, 0.5) is 10.2 Å². The molecule has 4 N–H and O–H groups in total. The zero-order valence-corrected chi connectivity index (χ0v) is 20.4. The minimum atomic E-state index is -1.29. The van der Waals surface area contributed by atoms with Crippen molar-refractivity contribution < 1.29 is 28.9 Å². The third-order valence-electron chi connectivity index (χ3n) is 6.48. The Morgan fingerprint density at radius 3 is 2.94 bits per heavy atom. The quantitative estimate of drug-likeness (QED) is 0.376. The average molecular weight is 515 g/mol. The summed E-state index contributed by atoms with van der Waals surface area (Å²) in [5.41, 5.74) is 1.27. The number of aromatic nitrogens is 2. The molecule has 36 heavy (non-hydrogen) atoms. The Hall–Kier alpha value is -2.83. The maximum atomic E-state index is 14.4. The van der Waals surface area contributed by atoms with Gasteiger partial charge in [-0.15, -0.1) is 11.8 Å². The molecule has 1 amide bonds. The van der Waals surface area contributed by atoms with Crippen molar-refractivity contribution in [1.82, 2.24) is 15.3 Å². The van der Waals surface area contributed by atoms with Gasteiger partial charge < -0.3 is 30.3 Å². The van der Waals surface area contributed by atoms with Gasteiger partial charge in [0.1, 0.15) is 29.3 Å². The number of carbonyl (C=O) groups is 1. The van der Waals surface area contributed by atoms with Gasteiger partial charge in [-0.05, 0) is 42.7 Å². The third kappa shape index (κ3) is 5.16. The van der Waals surface area contributed by atoms with Crippen molar-refractivity contribution in [2.75, 3.05) is 24.8 Å². The number of benzene rings is 1. The van der Waals surface area contributed by atoms with E-state index in [-0.39, 0.29) is 17.5 Å². The van der Waals surface area contributed by atoms with E-state index in [0.717, 1.165) is 17.0 Å². The van der Waals surface area contributed by atoms with E-state index in [2.05, 4.69) is 20.6 Å². The standard InChI is InChI=1S/C25H27FN4O5S/c1-34-15-8-17-16(6-7-27-22(17)18(26)9-15)23(32)24(33)19-4-2-14(11-35-19)28-10-13-3-5-20-25(29-13)30-21(31)12-36-20/h3,5-9,14,19,23-24,28,32-33H,2,4,10-12H2,1H3,(H,29,30,31)/t14-,19+,23-,24-/m1/s1. The van der Waals surface area contributed by atoms with Crippen molar-refractivity contribution in [3.63, 3.8) is 0 Å². The number of methoxy groups -OCH3 is 1. The van der Waals surface area contributed by atoms with Gasteiger partial charge in [0.05, 0.1) is 36.2 Å². The lowest BCUT2D eigenvalue weighted by Crippen LogP contribution is -2.45. The van der Waals surface area contributed by atoms with Crippen LogP contribution in [0.25, 0.3) is 10.9 Å². The molecular formula is C25H27FN4O5S. The fourth-order valence-electron chi connectivity index (χ4n) is 4.52. The Bertz CT molecular complexity index is 1270. The molecule has 1 saturated heterocycles. The van der Waals surface area contributed by atoms with Gasteiger partial charge in [0.15, 0.2) is 5.82 Å². The van der Waals surface area contributed by atoms with Crippen molar-refractivity contribution in [3.05, 3.63) is 53.6 Å². The summed E-state index contributed by atoms with van der Waals surface area (Å²) in [5, 5.41) is 28.4. The lowest BCUT2D eigenvalue weighted by molar-refractivity contribution is -0.114. The molecule has 0 radical (unpaired) electrons. The van der Waals surface area contributed by atoms with Crippen molar-refractivity contribution in [2.24, 2.45) is 0 Å². The number of halogens is 1. The van der Waals surface area contributed by atoms with E-state index in [1.54, 1.807) is 12.1 Å². The van der Waals surface area contributed by atoms with Gasteiger partial charge in [0.25, 0.3) is 0 Å². The number of rotatable bonds is 7. The molecule has 4 atom stereocenters. The van der Waals surface area contributed by atoms with E-state index in [0.29, 0.717) is 47.8 Å². The Morgan fingerprint density at radius 1 is 1.31 bits per heavy atom. The van der Waals surface area contributed by atoms with Gasteiger partial charge >= 0.3 is 0 Å². The Labute approximate surface area is 211 Å². The molecule has 2 aliphatic heterocycles. The summed E-state index contributed by atoms with van der Waals surface area (Å²) < 4.78 is 25.5. The fourth-order valence-corrected chi connectivity index (χ4v) is 5.28. The first-order valence-electron chi connectivity index (χ1n) is 11.7. The number of nitrogens with zero attached hydrogens (tertiary/aromatic N) is 2. The number of aliphatic hydroxyl groups excluding tert-OH is 2. The average Bonchev–Trinajstić information content (AvgIpc) is 2.90. The molecular weight excluding hydrogens is 487 g/mol. The molecule has 1 aromatic carbocycles. The highest BCUT2D eigenvalue weighted by Gasteiger charge is 2.33. The fraction of sp³-hybridized carbons (Fsp3) is 0.400. The van der Waals surface area contributed by atoms with E-state index >= 15 is 0 Å². The highest BCUT2D eigenvalue weighted by Crippen LogP contribution is 2.33. The zero-order valence-electron chi connectivity index (χ0n) is 19.6. The van der Waals surface area contributed by atoms with E-state index in [1.807, 2.05) is 12.1 Å². The maximum Gasteiger partial charge on any atom is 0.235 e. The van der Waals surface area contributed by atoms with Crippen LogP contribution in [0.5, 0.6) is 5.75 Å². The number of hydrogen-bond donors (Lipinski definition) is 4. The summed E-state index contributed by atoms with van der Waals surface area (Å²) in [6.45, 7) is 0.861. The van der Waals surface area contributed by atoms with Crippen LogP contribution >= 0.6 is 11.8 Å². The smallest absolute Gasteiger partial charge is 0.235 e. The summed E-state index contributed by atoms with van der Waals surface area (Å²) in [5.74, 6) is 0.671. The molecule has 3 aromatic rings. The van der Waals surface area contributed by atoms with E-state index in [1.165, 1.54) is 31.1 Å². The largest absolute Gasteiger partial charge is 0.497 e. The van der Waals surface area contributed by atoms with Gasteiger partial charge in [-0.25, -0.2) is 9.37 Å². The van der Waals surface area contributed by atoms with Crippen LogP contribution in [0.3, 0.4) is 0 Å². The van der Waals surface area contributed by atoms with E-state index in [9.17, 15) is 19.4 Å². The number of fused-ring (bicyclic) bond motifs is 2. The summed E-state index contributed by atoms with van der Waals surface area (Å²) >= 11 is 1.47. The molecule has 0 spiro atoms. The van der Waals surface area contributed by atoms with E-state index < -0.39 is 24.1 Å². The molecule has 11 heteroatoms. The van der Waals surface area contributed by atoms with E-state index in [4.69, 9.17) is 9.47 Å². The van der Waals surface area contributed by atoms with Gasteiger partial charge in [-0.2, -0.15) is 0 Å². The summed E-state index contributed by atoms with van der Waals surface area (Å²) in [6.07, 6.45) is -0.403. The molecule has 4 heterocycles. The number of nitrogens with one attached hydrogen (secondary N) is 2. The second-order valence-electron chi connectivity index (χ2n) is 8.85. The van der Waals surface area contributed by atoms with Crippen molar-refractivity contribution in [1.29, 1.82) is 0 Å². The van der Waals surface area contributed by atoms with Crippen LogP contribution in [0, 0.1) is 5.82 Å². The number of carbonyl (C=O) groups excluding carboxylic acids is 1. The maximum absolute atomic E-state index is 14.4. The number of aliphatic hydroxyl groups is 2. The van der Waals surface area contributed by atoms with Gasteiger partial charge in [-0.1, -0.05) is 0 Å². The third-order valence-corrected chi connectivity index (χ3v) is 7.53. The van der Waals surface area contributed by atoms with Crippen LogP contribution in [0.2, 0.25) is 0 Å². The lowest BCUT2D eigenvalue weighted by atomic mass is 9.93. The van der Waals surface area contributed by atoms with Gasteiger partial charge in [0.2, 0.25) is 5.91 Å². The summed E-state index contributed by atoms with van der Waals surface area (Å²) in [7, 11) is 1.43. The second-order valence-corrected chi connectivity index (χ2v) is 9.87. The molecule has 2 aromatic heterocycles. The first kappa shape index (κ1) is 24.8. The second kappa shape index (κ2) is 10.7. The Balaban J connectivity index is 1.19. The number of pyridine rings is 2. The number of ether oxygens (including phenoxy) is 2. The van der Waals surface area contributed by atoms with Crippen LogP contribution < -0.4 is 15.4 Å². The molecule has 0 bridgehead atoms.